The number of esters is 1. The Labute approximate surface area is 134 Å². The van der Waals surface area contributed by atoms with E-state index in [9.17, 15) is 14.4 Å². The van der Waals surface area contributed by atoms with Crippen LogP contribution in [0.4, 0.5) is 11.4 Å². The zero-order chi connectivity index (χ0) is 17.0. The molecule has 2 atom stereocenters. The molecule has 1 aliphatic carbocycles. The lowest BCUT2D eigenvalue weighted by Crippen LogP contribution is -2.22. The normalized spacial score (nSPS) is 18.7. The number of carbonyl (C=O) groups excluding carboxylic acids is 3. The monoisotopic (exact) mass is 320 g/mol. The van der Waals surface area contributed by atoms with E-state index in [1.54, 1.807) is 18.2 Å². The molecule has 1 aliphatic rings. The molecule has 2 N–H and O–H groups in total. The molecule has 0 saturated heterocycles. The predicted molar refractivity (Wildman–Crippen MR) is 84.2 cm³/mol. The van der Waals surface area contributed by atoms with E-state index < -0.39 is 5.91 Å². The van der Waals surface area contributed by atoms with Crippen LogP contribution in [-0.4, -0.2) is 31.5 Å². The van der Waals surface area contributed by atoms with E-state index in [1.807, 2.05) is 6.92 Å². The van der Waals surface area contributed by atoms with Gasteiger partial charge in [-0.05, 0) is 30.5 Å². The lowest BCUT2D eigenvalue weighted by Gasteiger charge is -2.12. The third-order valence-corrected chi connectivity index (χ3v) is 3.55. The van der Waals surface area contributed by atoms with Crippen LogP contribution in [0.25, 0.3) is 0 Å². The molecule has 7 heteroatoms. The molecule has 0 unspecified atom stereocenters. The summed E-state index contributed by atoms with van der Waals surface area (Å²) in [4.78, 5) is 34.6. The van der Waals surface area contributed by atoms with Crippen molar-refractivity contribution in [2.45, 2.75) is 20.3 Å². The van der Waals surface area contributed by atoms with Crippen LogP contribution in [0, 0.1) is 11.8 Å². The molecule has 124 valence electrons. The molecule has 1 saturated carbocycles. The van der Waals surface area contributed by atoms with Crippen LogP contribution in [0.3, 0.4) is 0 Å². The molecule has 0 bridgehead atoms. The summed E-state index contributed by atoms with van der Waals surface area (Å²) >= 11 is 0. The molecule has 23 heavy (non-hydrogen) atoms. The standard InChI is InChI=1S/C16H20N2O5/c1-9-6-12(9)16(21)23-8-15(20)18-13-7-11(17-10(2)19)4-5-14(13)22-3/h4-5,7,9,12H,6,8H2,1-3H3,(H,17,19)(H,18,20)/t9-,12+/m0/s1. The molecule has 0 heterocycles. The van der Waals surface area contributed by atoms with Gasteiger partial charge >= 0.3 is 5.97 Å². The third-order valence-electron chi connectivity index (χ3n) is 3.55. The quantitative estimate of drug-likeness (QED) is 0.779. The molecule has 1 aromatic rings. The highest BCUT2D eigenvalue weighted by Crippen LogP contribution is 2.38. The molecule has 2 rings (SSSR count). The van der Waals surface area contributed by atoms with Gasteiger partial charge in [-0.3, -0.25) is 14.4 Å². The van der Waals surface area contributed by atoms with E-state index in [-0.39, 0.29) is 24.4 Å². The summed E-state index contributed by atoms with van der Waals surface area (Å²) in [6.45, 7) is 3.00. The van der Waals surface area contributed by atoms with Crippen LogP contribution in [0.1, 0.15) is 20.3 Å². The second-order valence-electron chi connectivity index (χ2n) is 5.57. The van der Waals surface area contributed by atoms with Gasteiger partial charge in [0.1, 0.15) is 5.75 Å². The number of anilines is 2. The fourth-order valence-corrected chi connectivity index (χ4v) is 2.17. The Morgan fingerprint density at radius 3 is 2.52 bits per heavy atom. The first-order valence-electron chi connectivity index (χ1n) is 7.32. The van der Waals surface area contributed by atoms with Crippen molar-refractivity contribution in [3.05, 3.63) is 18.2 Å². The number of rotatable bonds is 6. The number of amides is 2. The van der Waals surface area contributed by atoms with E-state index in [0.717, 1.165) is 6.42 Å². The number of nitrogens with one attached hydrogen (secondary N) is 2. The average molecular weight is 320 g/mol. The summed E-state index contributed by atoms with van der Waals surface area (Å²) in [7, 11) is 1.47. The van der Waals surface area contributed by atoms with Gasteiger partial charge in [0.2, 0.25) is 5.91 Å². The van der Waals surface area contributed by atoms with Gasteiger partial charge in [0, 0.05) is 12.6 Å². The Hall–Kier alpha value is -2.57. The second-order valence-corrected chi connectivity index (χ2v) is 5.57. The number of hydrogen-bond acceptors (Lipinski definition) is 5. The van der Waals surface area contributed by atoms with E-state index in [2.05, 4.69) is 10.6 Å². The van der Waals surface area contributed by atoms with Gasteiger partial charge in [-0.15, -0.1) is 0 Å². The highest BCUT2D eigenvalue weighted by atomic mass is 16.5. The highest BCUT2D eigenvalue weighted by Gasteiger charge is 2.40. The lowest BCUT2D eigenvalue weighted by molar-refractivity contribution is -0.148. The molecular weight excluding hydrogens is 300 g/mol. The van der Waals surface area contributed by atoms with E-state index in [0.29, 0.717) is 23.0 Å². The maximum atomic E-state index is 11.9. The van der Waals surface area contributed by atoms with E-state index in [1.165, 1.54) is 14.0 Å². The number of hydrogen-bond donors (Lipinski definition) is 2. The smallest absolute Gasteiger partial charge is 0.309 e. The van der Waals surface area contributed by atoms with Crippen molar-refractivity contribution >= 4 is 29.2 Å². The Bertz CT molecular complexity index is 629. The summed E-state index contributed by atoms with van der Waals surface area (Å²) in [5, 5.41) is 5.23. The second kappa shape index (κ2) is 7.13. The minimum absolute atomic E-state index is 0.0829. The van der Waals surface area contributed by atoms with Gasteiger partial charge in [-0.2, -0.15) is 0 Å². The Morgan fingerprint density at radius 1 is 1.26 bits per heavy atom. The molecule has 1 aromatic carbocycles. The van der Waals surface area contributed by atoms with Gasteiger partial charge in [0.25, 0.3) is 5.91 Å². The zero-order valence-electron chi connectivity index (χ0n) is 13.3. The van der Waals surface area contributed by atoms with Crippen LogP contribution >= 0.6 is 0 Å². The van der Waals surface area contributed by atoms with Crippen LogP contribution in [0.5, 0.6) is 5.75 Å². The maximum absolute atomic E-state index is 11.9. The lowest BCUT2D eigenvalue weighted by atomic mass is 10.2. The molecule has 0 aromatic heterocycles. The largest absolute Gasteiger partial charge is 0.495 e. The Balaban J connectivity index is 1.95. The molecule has 0 aliphatic heterocycles. The Kier molecular flexibility index (Phi) is 5.20. The molecular formula is C16H20N2O5. The molecule has 0 radical (unpaired) electrons. The first-order valence-corrected chi connectivity index (χ1v) is 7.32. The SMILES string of the molecule is COc1ccc(NC(C)=O)cc1NC(=O)COC(=O)[C@@H]1C[C@@H]1C. The van der Waals surface area contributed by atoms with Crippen molar-refractivity contribution in [2.75, 3.05) is 24.4 Å². The van der Waals surface area contributed by atoms with E-state index >= 15 is 0 Å². The highest BCUT2D eigenvalue weighted by molar-refractivity contribution is 5.96. The fraction of sp³-hybridized carbons (Fsp3) is 0.438. The van der Waals surface area contributed by atoms with Gasteiger partial charge in [0.15, 0.2) is 6.61 Å². The van der Waals surface area contributed by atoms with Crippen molar-refractivity contribution in [2.24, 2.45) is 11.8 Å². The average Bonchev–Trinajstić information content (AvgIpc) is 3.21. The van der Waals surface area contributed by atoms with E-state index in [4.69, 9.17) is 9.47 Å². The molecule has 2 amide bonds. The van der Waals surface area contributed by atoms with Gasteiger partial charge in [-0.25, -0.2) is 0 Å². The zero-order valence-corrected chi connectivity index (χ0v) is 13.3. The van der Waals surface area contributed by atoms with Crippen LogP contribution in [0.15, 0.2) is 18.2 Å². The third kappa shape index (κ3) is 4.70. The fourth-order valence-electron chi connectivity index (χ4n) is 2.17. The minimum Gasteiger partial charge on any atom is -0.495 e. The number of ether oxygens (including phenoxy) is 2. The van der Waals surface area contributed by atoms with Crippen LogP contribution in [0.2, 0.25) is 0 Å². The van der Waals surface area contributed by atoms with Gasteiger partial charge in [0.05, 0.1) is 18.7 Å². The maximum Gasteiger partial charge on any atom is 0.309 e. The van der Waals surface area contributed by atoms with Crippen molar-refractivity contribution in [1.82, 2.24) is 0 Å². The predicted octanol–water partition coefficient (Wildman–Crippen LogP) is 1.79. The van der Waals surface area contributed by atoms with Crippen LogP contribution < -0.4 is 15.4 Å². The van der Waals surface area contributed by atoms with Crippen molar-refractivity contribution in [3.8, 4) is 5.75 Å². The summed E-state index contributed by atoms with van der Waals surface area (Å²) in [6.07, 6.45) is 0.813. The molecule has 0 spiro atoms. The summed E-state index contributed by atoms with van der Waals surface area (Å²) in [6, 6.07) is 4.85. The van der Waals surface area contributed by atoms with Crippen molar-refractivity contribution < 1.29 is 23.9 Å². The number of methoxy groups -OCH3 is 1. The summed E-state index contributed by atoms with van der Waals surface area (Å²) in [5.41, 5.74) is 0.914. The first kappa shape index (κ1) is 16.8. The number of carbonyl (C=O) groups is 3. The van der Waals surface area contributed by atoms with Crippen molar-refractivity contribution in [1.29, 1.82) is 0 Å². The summed E-state index contributed by atoms with van der Waals surface area (Å²) < 4.78 is 10.1. The topological polar surface area (TPSA) is 93.7 Å². The number of benzene rings is 1. The minimum atomic E-state index is -0.468. The van der Waals surface area contributed by atoms with Gasteiger partial charge < -0.3 is 20.1 Å². The molecule has 7 nitrogen and oxygen atoms in total. The Morgan fingerprint density at radius 2 is 1.96 bits per heavy atom. The van der Waals surface area contributed by atoms with Crippen LogP contribution in [-0.2, 0) is 19.1 Å². The molecule has 1 fully saturated rings. The summed E-state index contributed by atoms with van der Waals surface area (Å²) in [5.74, 6) is -0.341. The van der Waals surface area contributed by atoms with Gasteiger partial charge in [-0.1, -0.05) is 6.92 Å². The first-order chi connectivity index (χ1) is 10.9. The van der Waals surface area contributed by atoms with Crippen molar-refractivity contribution in [3.63, 3.8) is 0 Å².